The molecule has 5 aromatic heterocycles. The van der Waals surface area contributed by atoms with Gasteiger partial charge in [0, 0.05) is 65.4 Å². The number of hydrogen-bond donors (Lipinski definition) is 0. The maximum atomic E-state index is 4.54. The summed E-state index contributed by atoms with van der Waals surface area (Å²) < 4.78 is 9.91. The molecule has 0 aliphatic carbocycles. The molecule has 0 atom stereocenters. The van der Waals surface area contributed by atoms with Crippen LogP contribution in [-0.2, 0) is 0 Å². The van der Waals surface area contributed by atoms with Crippen molar-refractivity contribution in [3.63, 3.8) is 0 Å². The second-order valence-corrected chi connectivity index (χ2v) is 16.2. The zero-order valence-electron chi connectivity index (χ0n) is 31.2. The molecule has 0 saturated carbocycles. The Balaban J connectivity index is 1.09. The molecule has 5 heteroatoms. The molecule has 0 N–H and O–H groups in total. The summed E-state index contributed by atoms with van der Waals surface area (Å²) in [5, 5.41) is 9.93. The predicted octanol–water partition coefficient (Wildman–Crippen LogP) is 14.4. The molecule has 0 fully saturated rings. The Morgan fingerprint density at radius 2 is 0.914 bits per heavy atom. The first-order valence-electron chi connectivity index (χ1n) is 19.7. The zero-order chi connectivity index (χ0) is 37.9. The number of benzene rings is 8. The maximum absolute atomic E-state index is 4.54. The standard InChI is InChI=1S/C53H32N4S/c1-3-13-33(14-4-1)36-19-11-20-40-41-21-12-24-48(53(41)58-52(36)40)57-46-23-10-8-18-38(46)44-30-49-43(31-50(44)57)37-17-7-9-22-45(37)56(49)35-25-26-47-42(29-35)39-27-28-54-32-51(39)55(47)34-15-5-2-6-16-34/h1-32H. The Bertz CT molecular complexity index is 3790. The molecule has 0 saturated heterocycles. The molecular weight excluding hydrogens is 725 g/mol. The lowest BCUT2D eigenvalue weighted by Gasteiger charge is -2.11. The lowest BCUT2D eigenvalue weighted by molar-refractivity contribution is 1.16. The number of pyridine rings is 1. The van der Waals surface area contributed by atoms with Crippen LogP contribution in [0.5, 0.6) is 0 Å². The van der Waals surface area contributed by atoms with E-state index in [1.165, 1.54) is 91.4 Å². The van der Waals surface area contributed by atoms with E-state index in [1.54, 1.807) is 0 Å². The lowest BCUT2D eigenvalue weighted by Crippen LogP contribution is -1.96. The van der Waals surface area contributed by atoms with Crippen molar-refractivity contribution in [3.05, 3.63) is 194 Å². The highest BCUT2D eigenvalue weighted by Crippen LogP contribution is 2.45. The molecule has 0 aliphatic heterocycles. The Morgan fingerprint density at radius 3 is 1.69 bits per heavy atom. The topological polar surface area (TPSA) is 27.7 Å². The molecule has 270 valence electrons. The highest BCUT2D eigenvalue weighted by Gasteiger charge is 2.22. The quantitative estimate of drug-likeness (QED) is 0.176. The minimum Gasteiger partial charge on any atom is -0.309 e. The Kier molecular flexibility index (Phi) is 6.57. The summed E-state index contributed by atoms with van der Waals surface area (Å²) in [6.07, 6.45) is 3.88. The minimum absolute atomic E-state index is 1.10. The highest BCUT2D eigenvalue weighted by molar-refractivity contribution is 7.26. The van der Waals surface area contributed by atoms with E-state index in [0.717, 1.165) is 22.4 Å². The van der Waals surface area contributed by atoms with E-state index in [2.05, 4.69) is 201 Å². The largest absolute Gasteiger partial charge is 0.309 e. The van der Waals surface area contributed by atoms with Gasteiger partial charge in [-0.3, -0.25) is 4.98 Å². The molecule has 4 nitrogen and oxygen atoms in total. The summed E-state index contributed by atoms with van der Waals surface area (Å²) in [7, 11) is 0. The summed E-state index contributed by atoms with van der Waals surface area (Å²) in [5.74, 6) is 0. The van der Waals surface area contributed by atoms with E-state index in [9.17, 15) is 0 Å². The summed E-state index contributed by atoms with van der Waals surface area (Å²) in [6.45, 7) is 0. The SMILES string of the molecule is c1ccc(-c2cccc3c2sc2c(-n4c5ccccc5c5cc6c(cc54)c4ccccc4n6-c4ccc5c(c4)c4ccncc4n5-c4ccccc4)cccc23)cc1. The van der Waals surface area contributed by atoms with Gasteiger partial charge in [-0.05, 0) is 77.9 Å². The second kappa shape index (κ2) is 12.0. The lowest BCUT2D eigenvalue weighted by atomic mass is 10.0. The number of thiophene rings is 1. The van der Waals surface area contributed by atoms with E-state index in [1.807, 2.05) is 23.7 Å². The van der Waals surface area contributed by atoms with Gasteiger partial charge in [0.15, 0.2) is 0 Å². The van der Waals surface area contributed by atoms with Crippen LogP contribution >= 0.6 is 11.3 Å². The van der Waals surface area contributed by atoms with Crippen molar-refractivity contribution in [3.8, 4) is 28.2 Å². The Labute approximate surface area is 336 Å². The van der Waals surface area contributed by atoms with Gasteiger partial charge in [0.05, 0.1) is 49.7 Å². The fourth-order valence-electron chi connectivity index (χ4n) is 9.65. The summed E-state index contributed by atoms with van der Waals surface area (Å²) in [4.78, 5) is 4.54. The molecule has 0 bridgehead atoms. The molecule has 13 rings (SSSR count). The van der Waals surface area contributed by atoms with E-state index in [0.29, 0.717) is 0 Å². The van der Waals surface area contributed by atoms with Crippen LogP contribution in [0.3, 0.4) is 0 Å². The normalized spacial score (nSPS) is 12.1. The van der Waals surface area contributed by atoms with E-state index in [4.69, 9.17) is 0 Å². The van der Waals surface area contributed by atoms with Gasteiger partial charge in [0.25, 0.3) is 0 Å². The van der Waals surface area contributed by atoms with Crippen molar-refractivity contribution >= 4 is 96.9 Å². The average molecular weight is 757 g/mol. The van der Waals surface area contributed by atoms with Gasteiger partial charge in [0.2, 0.25) is 0 Å². The van der Waals surface area contributed by atoms with Crippen LogP contribution in [0.15, 0.2) is 194 Å². The smallest absolute Gasteiger partial charge is 0.0724 e. The number of nitrogens with zero attached hydrogens (tertiary/aromatic N) is 4. The van der Waals surface area contributed by atoms with Gasteiger partial charge < -0.3 is 13.7 Å². The summed E-state index contributed by atoms with van der Waals surface area (Å²) in [5.41, 5.74) is 13.1. The highest BCUT2D eigenvalue weighted by atomic mass is 32.1. The third kappa shape index (κ3) is 4.36. The molecule has 0 unspecified atom stereocenters. The van der Waals surface area contributed by atoms with Crippen molar-refractivity contribution < 1.29 is 0 Å². The zero-order valence-corrected chi connectivity index (χ0v) is 32.0. The van der Waals surface area contributed by atoms with E-state index >= 15 is 0 Å². The van der Waals surface area contributed by atoms with Gasteiger partial charge in [-0.15, -0.1) is 11.3 Å². The monoisotopic (exact) mass is 756 g/mol. The molecule has 0 radical (unpaired) electrons. The fourth-order valence-corrected chi connectivity index (χ4v) is 11.0. The van der Waals surface area contributed by atoms with Crippen molar-refractivity contribution in [1.29, 1.82) is 0 Å². The number of rotatable bonds is 4. The van der Waals surface area contributed by atoms with Gasteiger partial charge in [0.1, 0.15) is 0 Å². The first-order chi connectivity index (χ1) is 28.8. The van der Waals surface area contributed by atoms with Crippen LogP contribution in [0.2, 0.25) is 0 Å². The van der Waals surface area contributed by atoms with Crippen LogP contribution in [0.4, 0.5) is 0 Å². The van der Waals surface area contributed by atoms with Crippen LogP contribution < -0.4 is 0 Å². The van der Waals surface area contributed by atoms with Crippen molar-refractivity contribution in [2.45, 2.75) is 0 Å². The first-order valence-corrected chi connectivity index (χ1v) is 20.5. The predicted molar refractivity (Wildman–Crippen MR) is 246 cm³/mol. The molecule has 8 aromatic carbocycles. The number of fused-ring (bicyclic) bond motifs is 12. The Morgan fingerprint density at radius 1 is 0.345 bits per heavy atom. The van der Waals surface area contributed by atoms with Crippen LogP contribution in [0, 0.1) is 0 Å². The van der Waals surface area contributed by atoms with Crippen LogP contribution in [0.1, 0.15) is 0 Å². The summed E-state index contributed by atoms with van der Waals surface area (Å²) >= 11 is 1.90. The van der Waals surface area contributed by atoms with Gasteiger partial charge in [-0.1, -0.05) is 115 Å². The first kappa shape index (κ1) is 31.7. The molecule has 58 heavy (non-hydrogen) atoms. The van der Waals surface area contributed by atoms with E-state index in [-0.39, 0.29) is 0 Å². The van der Waals surface area contributed by atoms with Gasteiger partial charge in [-0.2, -0.15) is 0 Å². The van der Waals surface area contributed by atoms with Gasteiger partial charge >= 0.3 is 0 Å². The molecule has 0 aliphatic rings. The van der Waals surface area contributed by atoms with Crippen molar-refractivity contribution in [2.75, 3.05) is 0 Å². The fraction of sp³-hybridized carbons (Fsp3) is 0. The van der Waals surface area contributed by atoms with E-state index < -0.39 is 0 Å². The van der Waals surface area contributed by atoms with Crippen molar-refractivity contribution in [2.24, 2.45) is 0 Å². The van der Waals surface area contributed by atoms with Crippen LogP contribution in [0.25, 0.3) is 114 Å². The minimum atomic E-state index is 1.10. The Hall–Kier alpha value is -7.47. The number of hydrogen-bond acceptors (Lipinski definition) is 2. The average Bonchev–Trinajstić information content (AvgIpc) is 4.02. The number of para-hydroxylation sites is 3. The molecule has 0 spiro atoms. The molecular formula is C53H32N4S. The molecule has 13 aromatic rings. The number of aromatic nitrogens is 4. The second-order valence-electron chi connectivity index (χ2n) is 15.2. The third-order valence-electron chi connectivity index (χ3n) is 12.1. The maximum Gasteiger partial charge on any atom is 0.0724 e. The van der Waals surface area contributed by atoms with Crippen LogP contribution in [-0.4, -0.2) is 18.7 Å². The molecule has 5 heterocycles. The van der Waals surface area contributed by atoms with Crippen molar-refractivity contribution in [1.82, 2.24) is 18.7 Å². The third-order valence-corrected chi connectivity index (χ3v) is 13.4. The summed E-state index contributed by atoms with van der Waals surface area (Å²) in [6, 6.07) is 66.6. The molecule has 0 amide bonds. The van der Waals surface area contributed by atoms with Gasteiger partial charge in [-0.25, -0.2) is 0 Å².